The first-order chi connectivity index (χ1) is 13.6. The number of nitrogens with one attached hydrogen (secondary N) is 1. The Bertz CT molecular complexity index is 1010. The van der Waals surface area contributed by atoms with Gasteiger partial charge in [-0.3, -0.25) is 5.01 Å². The Morgan fingerprint density at radius 2 is 1.89 bits per heavy atom. The Labute approximate surface area is 158 Å². The summed E-state index contributed by atoms with van der Waals surface area (Å²) >= 11 is 0. The third kappa shape index (κ3) is 3.83. The molecule has 0 fully saturated rings. The average molecular weight is 384 g/mol. The molecule has 0 saturated heterocycles. The first-order valence-corrected chi connectivity index (χ1v) is 8.35. The molecule has 1 aliphatic heterocycles. The van der Waals surface area contributed by atoms with Crippen molar-refractivity contribution >= 4 is 11.8 Å². The van der Waals surface area contributed by atoms with Crippen LogP contribution in [0, 0.1) is 11.6 Å². The SMILES string of the molecule is O=C(NN1CCOc2ccc(F)cc21)Oc1cnc(-c2cccc(F)c2)nc1. The van der Waals surface area contributed by atoms with Crippen molar-refractivity contribution in [2.24, 2.45) is 0 Å². The number of fused-ring (bicyclic) bond motifs is 1. The lowest BCUT2D eigenvalue weighted by atomic mass is 10.2. The fraction of sp³-hybridized carbons (Fsp3) is 0.105. The maximum atomic E-state index is 13.5. The van der Waals surface area contributed by atoms with Gasteiger partial charge in [0.15, 0.2) is 11.6 Å². The second-order valence-electron chi connectivity index (χ2n) is 5.87. The van der Waals surface area contributed by atoms with Crippen molar-refractivity contribution in [1.29, 1.82) is 0 Å². The molecule has 4 rings (SSSR count). The van der Waals surface area contributed by atoms with Crippen molar-refractivity contribution in [2.45, 2.75) is 0 Å². The van der Waals surface area contributed by atoms with Crippen LogP contribution in [0.15, 0.2) is 54.9 Å². The summed E-state index contributed by atoms with van der Waals surface area (Å²) in [5.74, 6) is -0.000244. The lowest BCUT2D eigenvalue weighted by molar-refractivity contribution is 0.196. The molecule has 0 radical (unpaired) electrons. The fourth-order valence-corrected chi connectivity index (χ4v) is 2.69. The van der Waals surface area contributed by atoms with E-state index in [1.165, 1.54) is 47.7 Å². The highest BCUT2D eigenvalue weighted by molar-refractivity contribution is 5.74. The number of rotatable bonds is 3. The van der Waals surface area contributed by atoms with Crippen molar-refractivity contribution in [2.75, 3.05) is 18.2 Å². The van der Waals surface area contributed by atoms with Crippen LogP contribution in [0.25, 0.3) is 11.4 Å². The monoisotopic (exact) mass is 384 g/mol. The van der Waals surface area contributed by atoms with E-state index in [0.717, 1.165) is 0 Å². The first kappa shape index (κ1) is 17.7. The number of carbonyl (C=O) groups excluding carboxylic acids is 1. The van der Waals surface area contributed by atoms with Gasteiger partial charge in [0, 0.05) is 11.6 Å². The molecular formula is C19H14F2N4O3. The fourth-order valence-electron chi connectivity index (χ4n) is 2.69. The number of hydrazine groups is 1. The van der Waals surface area contributed by atoms with E-state index in [0.29, 0.717) is 36.0 Å². The molecule has 1 amide bonds. The number of hydrogen-bond acceptors (Lipinski definition) is 6. The molecule has 0 aliphatic carbocycles. The summed E-state index contributed by atoms with van der Waals surface area (Å²) < 4.78 is 37.4. The largest absolute Gasteiger partial charge is 0.489 e. The van der Waals surface area contributed by atoms with Gasteiger partial charge in [-0.25, -0.2) is 29.0 Å². The van der Waals surface area contributed by atoms with Gasteiger partial charge in [0.05, 0.1) is 18.9 Å². The predicted octanol–water partition coefficient (Wildman–Crippen LogP) is 3.32. The lowest BCUT2D eigenvalue weighted by Crippen LogP contribution is -2.47. The minimum atomic E-state index is -0.792. The molecule has 0 bridgehead atoms. The number of aromatic nitrogens is 2. The average Bonchev–Trinajstić information content (AvgIpc) is 2.69. The van der Waals surface area contributed by atoms with Crippen LogP contribution >= 0.6 is 0 Å². The summed E-state index contributed by atoms with van der Waals surface area (Å²) in [7, 11) is 0. The predicted molar refractivity (Wildman–Crippen MR) is 95.8 cm³/mol. The molecule has 0 unspecified atom stereocenters. The van der Waals surface area contributed by atoms with E-state index in [-0.39, 0.29) is 5.75 Å². The zero-order valence-electron chi connectivity index (χ0n) is 14.4. The van der Waals surface area contributed by atoms with Gasteiger partial charge in [-0.2, -0.15) is 0 Å². The van der Waals surface area contributed by atoms with Crippen molar-refractivity contribution in [1.82, 2.24) is 15.4 Å². The van der Waals surface area contributed by atoms with Crippen LogP contribution in [0.2, 0.25) is 0 Å². The van der Waals surface area contributed by atoms with Crippen LogP contribution in [0.5, 0.6) is 11.5 Å². The number of benzene rings is 2. The van der Waals surface area contributed by atoms with Gasteiger partial charge in [-0.15, -0.1) is 0 Å². The van der Waals surface area contributed by atoms with Gasteiger partial charge >= 0.3 is 6.09 Å². The summed E-state index contributed by atoms with van der Waals surface area (Å²) in [6.45, 7) is 0.644. The van der Waals surface area contributed by atoms with Crippen LogP contribution in [0.1, 0.15) is 0 Å². The molecule has 0 spiro atoms. The van der Waals surface area contributed by atoms with Gasteiger partial charge in [-0.1, -0.05) is 12.1 Å². The van der Waals surface area contributed by atoms with Gasteiger partial charge in [-0.05, 0) is 24.3 Å². The van der Waals surface area contributed by atoms with Crippen LogP contribution < -0.4 is 19.9 Å². The van der Waals surface area contributed by atoms with Gasteiger partial charge in [0.1, 0.15) is 29.7 Å². The van der Waals surface area contributed by atoms with Crippen LogP contribution in [0.3, 0.4) is 0 Å². The maximum Gasteiger partial charge on any atom is 0.431 e. The van der Waals surface area contributed by atoms with Crippen molar-refractivity contribution in [3.8, 4) is 22.9 Å². The van der Waals surface area contributed by atoms with Gasteiger partial charge < -0.3 is 9.47 Å². The smallest absolute Gasteiger partial charge is 0.431 e. The van der Waals surface area contributed by atoms with E-state index < -0.39 is 17.7 Å². The standard InChI is InChI=1S/C19H14F2N4O3/c20-13-3-1-2-12(8-13)18-22-10-15(11-23-18)28-19(26)24-25-6-7-27-17-5-4-14(21)9-16(17)25/h1-5,8-11H,6-7H2,(H,24,26). The third-order valence-electron chi connectivity index (χ3n) is 3.93. The highest BCUT2D eigenvalue weighted by Crippen LogP contribution is 2.31. The molecule has 1 aromatic heterocycles. The number of halogens is 2. The highest BCUT2D eigenvalue weighted by Gasteiger charge is 2.21. The van der Waals surface area contributed by atoms with E-state index in [1.807, 2.05) is 0 Å². The minimum Gasteiger partial charge on any atom is -0.489 e. The number of ether oxygens (including phenoxy) is 2. The summed E-state index contributed by atoms with van der Waals surface area (Å²) in [6, 6.07) is 9.86. The molecule has 0 saturated carbocycles. The van der Waals surface area contributed by atoms with E-state index >= 15 is 0 Å². The van der Waals surface area contributed by atoms with Gasteiger partial charge in [0.2, 0.25) is 0 Å². The molecule has 3 aromatic rings. The number of nitrogens with zero attached hydrogens (tertiary/aromatic N) is 3. The van der Waals surface area contributed by atoms with E-state index in [2.05, 4.69) is 15.4 Å². The molecule has 1 N–H and O–H groups in total. The quantitative estimate of drug-likeness (QED) is 0.747. The number of anilines is 1. The maximum absolute atomic E-state index is 13.5. The molecule has 142 valence electrons. The number of amides is 1. The van der Waals surface area contributed by atoms with Crippen LogP contribution in [-0.4, -0.2) is 29.2 Å². The molecule has 0 atom stereocenters. The molecule has 7 nitrogen and oxygen atoms in total. The normalized spacial score (nSPS) is 12.7. The highest BCUT2D eigenvalue weighted by atomic mass is 19.1. The topological polar surface area (TPSA) is 76.6 Å². The zero-order valence-corrected chi connectivity index (χ0v) is 14.4. The molecule has 28 heavy (non-hydrogen) atoms. The first-order valence-electron chi connectivity index (χ1n) is 8.35. The Balaban J connectivity index is 1.43. The number of carbonyl (C=O) groups is 1. The Hall–Kier alpha value is -3.75. The minimum absolute atomic E-state index is 0.102. The van der Waals surface area contributed by atoms with Crippen LogP contribution in [0.4, 0.5) is 19.3 Å². The number of hydrogen-bond donors (Lipinski definition) is 1. The van der Waals surface area contributed by atoms with E-state index in [9.17, 15) is 13.6 Å². The Kier molecular flexibility index (Phi) is 4.71. The molecule has 1 aliphatic rings. The van der Waals surface area contributed by atoms with Crippen molar-refractivity contribution in [3.63, 3.8) is 0 Å². The van der Waals surface area contributed by atoms with Crippen molar-refractivity contribution in [3.05, 3.63) is 66.5 Å². The summed E-state index contributed by atoms with van der Waals surface area (Å²) in [5.41, 5.74) is 3.42. The summed E-state index contributed by atoms with van der Waals surface area (Å²) in [6.07, 6.45) is 1.82. The molecule has 2 aromatic carbocycles. The van der Waals surface area contributed by atoms with Gasteiger partial charge in [0.25, 0.3) is 0 Å². The Morgan fingerprint density at radius 3 is 2.68 bits per heavy atom. The second kappa shape index (κ2) is 7.47. The zero-order chi connectivity index (χ0) is 19.5. The van der Waals surface area contributed by atoms with E-state index in [1.54, 1.807) is 12.1 Å². The molecule has 2 heterocycles. The Morgan fingerprint density at radius 1 is 1.11 bits per heavy atom. The third-order valence-corrected chi connectivity index (χ3v) is 3.93. The van der Waals surface area contributed by atoms with E-state index in [4.69, 9.17) is 9.47 Å². The summed E-state index contributed by atoms with van der Waals surface area (Å²) in [4.78, 5) is 20.3. The molecule has 9 heteroatoms. The summed E-state index contributed by atoms with van der Waals surface area (Å²) in [5, 5.41) is 1.44. The molecular weight excluding hydrogens is 370 g/mol. The lowest BCUT2D eigenvalue weighted by Gasteiger charge is -2.30. The van der Waals surface area contributed by atoms with Crippen molar-refractivity contribution < 1.29 is 23.0 Å². The van der Waals surface area contributed by atoms with Crippen LogP contribution in [-0.2, 0) is 0 Å². The second-order valence-corrected chi connectivity index (χ2v) is 5.87.